The number of alkyl halides is 3. The molecule has 0 heterocycles. The maximum Gasteiger partial charge on any atom is 0.475 e. The van der Waals surface area contributed by atoms with E-state index in [1.54, 1.807) is 0 Å². The lowest BCUT2D eigenvalue weighted by Gasteiger charge is -2.06. The van der Waals surface area contributed by atoms with Crippen molar-refractivity contribution in [1.82, 2.24) is 0 Å². The molecule has 0 aromatic heterocycles. The molecule has 0 bridgehead atoms. The van der Waals surface area contributed by atoms with Gasteiger partial charge in [0.2, 0.25) is 0 Å². The van der Waals surface area contributed by atoms with E-state index in [2.05, 4.69) is 0 Å². The molecule has 3 nitrogen and oxygen atoms in total. The third-order valence-electron chi connectivity index (χ3n) is 1.42. The highest BCUT2D eigenvalue weighted by Gasteiger charge is 2.38. The number of hydrogen-bond donors (Lipinski definition) is 2. The molecule has 0 aliphatic heterocycles. The van der Waals surface area contributed by atoms with E-state index in [-0.39, 0.29) is 11.4 Å². The number of benzene rings is 1. The smallest absolute Gasteiger partial charge is 0.475 e. The first kappa shape index (κ1) is 10.8. The van der Waals surface area contributed by atoms with Gasteiger partial charge in [-0.15, -0.1) is 0 Å². The number of rotatable bonds is 1. The normalized spacial score (nSPS) is 13.9. The minimum Gasteiger partial charge on any atom is -0.506 e. The van der Waals surface area contributed by atoms with Gasteiger partial charge < -0.3 is 10.8 Å². The Morgan fingerprint density at radius 1 is 1.36 bits per heavy atom. The number of hydrogen-bond acceptors (Lipinski definition) is 3. The van der Waals surface area contributed by atoms with Gasteiger partial charge in [0, 0.05) is 0 Å². The van der Waals surface area contributed by atoms with Crippen molar-refractivity contribution in [2.24, 2.45) is 0 Å². The van der Waals surface area contributed by atoms with Gasteiger partial charge in [0.1, 0.15) is 5.75 Å². The maximum atomic E-state index is 12.0. The Balaban J connectivity index is 3.10. The molecule has 1 rings (SSSR count). The molecule has 0 spiro atoms. The molecule has 0 aliphatic carbocycles. The van der Waals surface area contributed by atoms with Crippen LogP contribution in [0.2, 0.25) is 0 Å². The van der Waals surface area contributed by atoms with Crippen molar-refractivity contribution in [1.29, 1.82) is 0 Å². The Labute approximate surface area is 79.8 Å². The fraction of sp³-hybridized carbons (Fsp3) is 0.143. The summed E-state index contributed by atoms with van der Waals surface area (Å²) < 4.78 is 46.7. The molecular weight excluding hydrogens is 219 g/mol. The summed E-state index contributed by atoms with van der Waals surface area (Å²) in [4.78, 5) is -0.479. The van der Waals surface area contributed by atoms with Gasteiger partial charge in [-0.3, -0.25) is 0 Å². The summed E-state index contributed by atoms with van der Waals surface area (Å²) in [6.07, 6.45) is 0. The second kappa shape index (κ2) is 3.49. The molecule has 0 amide bonds. The molecule has 78 valence electrons. The van der Waals surface area contributed by atoms with Crippen LogP contribution in [0.15, 0.2) is 23.1 Å². The molecule has 0 saturated carbocycles. The van der Waals surface area contributed by atoms with Gasteiger partial charge >= 0.3 is 5.51 Å². The van der Waals surface area contributed by atoms with Crippen molar-refractivity contribution < 1.29 is 22.5 Å². The molecule has 0 radical (unpaired) electrons. The maximum absolute atomic E-state index is 12.0. The van der Waals surface area contributed by atoms with Gasteiger partial charge in [-0.05, 0) is 18.2 Å². The van der Waals surface area contributed by atoms with E-state index in [0.29, 0.717) is 0 Å². The van der Waals surface area contributed by atoms with Crippen LogP contribution in [-0.2, 0) is 10.8 Å². The highest BCUT2D eigenvalue weighted by atomic mass is 32.2. The standard InChI is InChI=1S/C7H6F3NO2S/c8-7(9,10)14(13)4-1-2-6(12)5(11)3-4/h1-3,12H,11H2/t14-/m0/s1. The number of phenolic OH excluding ortho intramolecular Hbond substituents is 1. The van der Waals surface area contributed by atoms with Gasteiger partial charge in [0.15, 0.2) is 10.8 Å². The van der Waals surface area contributed by atoms with Gasteiger partial charge in [0.25, 0.3) is 0 Å². The second-order valence-corrected chi connectivity index (χ2v) is 3.91. The van der Waals surface area contributed by atoms with Crippen molar-refractivity contribution in [2.45, 2.75) is 10.4 Å². The number of aromatic hydroxyl groups is 1. The van der Waals surface area contributed by atoms with Crippen LogP contribution in [0.4, 0.5) is 18.9 Å². The zero-order chi connectivity index (χ0) is 10.9. The lowest BCUT2D eigenvalue weighted by Crippen LogP contribution is -2.16. The summed E-state index contributed by atoms with van der Waals surface area (Å²) in [6.45, 7) is 0. The summed E-state index contributed by atoms with van der Waals surface area (Å²) in [5.74, 6) is -0.340. The average Bonchev–Trinajstić information content (AvgIpc) is 2.07. The third-order valence-corrected chi connectivity index (χ3v) is 2.53. The second-order valence-electron chi connectivity index (χ2n) is 2.44. The van der Waals surface area contributed by atoms with Crippen LogP contribution in [0, 0.1) is 0 Å². The van der Waals surface area contributed by atoms with Crippen LogP contribution < -0.4 is 5.73 Å². The Kier molecular flexibility index (Phi) is 2.70. The molecule has 0 fully saturated rings. The number of nitrogen functional groups attached to an aromatic ring is 1. The van der Waals surface area contributed by atoms with E-state index < -0.39 is 21.2 Å². The van der Waals surface area contributed by atoms with E-state index in [1.165, 1.54) is 0 Å². The first-order valence-electron chi connectivity index (χ1n) is 3.39. The topological polar surface area (TPSA) is 63.3 Å². The summed E-state index contributed by atoms with van der Waals surface area (Å²) in [7, 11) is -3.11. The third kappa shape index (κ3) is 2.16. The quantitative estimate of drug-likeness (QED) is 0.563. The molecule has 1 aromatic carbocycles. The zero-order valence-corrected chi connectivity index (χ0v) is 7.52. The minimum absolute atomic E-state index is 0.236. The Morgan fingerprint density at radius 2 is 1.93 bits per heavy atom. The Morgan fingerprint density at radius 3 is 2.36 bits per heavy atom. The van der Waals surface area contributed by atoms with Crippen molar-refractivity contribution in [3.63, 3.8) is 0 Å². The van der Waals surface area contributed by atoms with Crippen molar-refractivity contribution in [3.8, 4) is 5.75 Å². The Hall–Kier alpha value is -1.24. The molecular formula is C7H6F3NO2S. The summed E-state index contributed by atoms with van der Waals surface area (Å²) >= 11 is 0. The lowest BCUT2D eigenvalue weighted by molar-refractivity contribution is -0.0384. The first-order valence-corrected chi connectivity index (χ1v) is 4.54. The summed E-state index contributed by atoms with van der Waals surface area (Å²) in [6, 6.07) is 2.71. The van der Waals surface area contributed by atoms with Crippen LogP contribution in [-0.4, -0.2) is 14.8 Å². The number of anilines is 1. The van der Waals surface area contributed by atoms with Crippen LogP contribution in [0.25, 0.3) is 0 Å². The van der Waals surface area contributed by atoms with E-state index in [9.17, 15) is 17.4 Å². The minimum atomic E-state index is -4.82. The average molecular weight is 225 g/mol. The highest BCUT2D eigenvalue weighted by molar-refractivity contribution is 7.86. The molecule has 0 unspecified atom stereocenters. The molecule has 3 N–H and O–H groups in total. The molecule has 0 saturated heterocycles. The van der Waals surface area contributed by atoms with Gasteiger partial charge in [-0.1, -0.05) is 0 Å². The molecule has 1 aromatic rings. The predicted octanol–water partition coefficient (Wildman–Crippen LogP) is 1.60. The largest absolute Gasteiger partial charge is 0.506 e. The van der Waals surface area contributed by atoms with Crippen LogP contribution in [0.5, 0.6) is 5.75 Å². The van der Waals surface area contributed by atoms with Crippen molar-refractivity contribution in [3.05, 3.63) is 18.2 Å². The molecule has 7 heteroatoms. The summed E-state index contributed by atoms with van der Waals surface area (Å²) in [5.41, 5.74) is 0.0978. The first-order chi connectivity index (χ1) is 6.32. The number of nitrogens with two attached hydrogens (primary N) is 1. The summed E-state index contributed by atoms with van der Waals surface area (Å²) in [5, 5.41) is 8.92. The highest BCUT2D eigenvalue weighted by Crippen LogP contribution is 2.29. The van der Waals surface area contributed by atoms with E-state index in [1.807, 2.05) is 0 Å². The van der Waals surface area contributed by atoms with E-state index in [4.69, 9.17) is 10.8 Å². The molecule has 0 aliphatic rings. The van der Waals surface area contributed by atoms with Gasteiger partial charge in [-0.2, -0.15) is 13.2 Å². The van der Waals surface area contributed by atoms with Crippen LogP contribution >= 0.6 is 0 Å². The van der Waals surface area contributed by atoms with Crippen LogP contribution in [0.3, 0.4) is 0 Å². The fourth-order valence-corrected chi connectivity index (χ4v) is 1.47. The van der Waals surface area contributed by atoms with Crippen LogP contribution in [0.1, 0.15) is 0 Å². The van der Waals surface area contributed by atoms with Gasteiger partial charge in [-0.25, -0.2) is 4.21 Å². The van der Waals surface area contributed by atoms with Crippen molar-refractivity contribution in [2.75, 3.05) is 5.73 Å². The molecule has 1 atom stereocenters. The zero-order valence-electron chi connectivity index (χ0n) is 6.71. The number of halogens is 3. The monoisotopic (exact) mass is 225 g/mol. The van der Waals surface area contributed by atoms with Gasteiger partial charge in [0.05, 0.1) is 10.6 Å². The van der Waals surface area contributed by atoms with Crippen molar-refractivity contribution >= 4 is 16.5 Å². The van der Waals surface area contributed by atoms with E-state index in [0.717, 1.165) is 18.2 Å². The SMILES string of the molecule is Nc1cc([S@](=O)C(F)(F)F)ccc1O. The van der Waals surface area contributed by atoms with E-state index >= 15 is 0 Å². The fourth-order valence-electron chi connectivity index (χ4n) is 0.782. The lowest BCUT2D eigenvalue weighted by atomic mass is 10.3. The molecule has 14 heavy (non-hydrogen) atoms. The predicted molar refractivity (Wildman–Crippen MR) is 45.0 cm³/mol. The number of phenols is 1. The Bertz CT molecular complexity index is 378.